The van der Waals surface area contributed by atoms with Crippen LogP contribution in [0.5, 0.6) is 0 Å². The summed E-state index contributed by atoms with van der Waals surface area (Å²) in [5.74, 6) is 1.02. The fourth-order valence-electron chi connectivity index (χ4n) is 3.05. The molecule has 120 valence electrons. The standard InChI is InChI=1S/C19H28N2S/c1-8-15-10-11-16(20-12-15)21(7)18-13(3)17(14(4)22-18)19(5,6)9-2/h10-12H,8-9H2,1-7H3. The average Bonchev–Trinajstić information content (AvgIpc) is 2.82. The Morgan fingerprint density at radius 2 is 1.86 bits per heavy atom. The smallest absolute Gasteiger partial charge is 0.133 e. The van der Waals surface area contributed by atoms with Gasteiger partial charge in [0.2, 0.25) is 0 Å². The van der Waals surface area contributed by atoms with Crippen LogP contribution in [0.25, 0.3) is 0 Å². The fourth-order valence-corrected chi connectivity index (χ4v) is 4.36. The summed E-state index contributed by atoms with van der Waals surface area (Å²) in [6.45, 7) is 13.6. The molecule has 0 aliphatic carbocycles. The summed E-state index contributed by atoms with van der Waals surface area (Å²) >= 11 is 1.88. The van der Waals surface area contributed by atoms with Crippen molar-refractivity contribution >= 4 is 22.2 Å². The number of aryl methyl sites for hydroxylation is 2. The number of anilines is 2. The summed E-state index contributed by atoms with van der Waals surface area (Å²) in [5, 5.41) is 1.31. The van der Waals surface area contributed by atoms with Gasteiger partial charge in [-0.2, -0.15) is 0 Å². The highest BCUT2D eigenvalue weighted by Crippen LogP contribution is 2.43. The van der Waals surface area contributed by atoms with Gasteiger partial charge in [0, 0.05) is 18.1 Å². The van der Waals surface area contributed by atoms with Crippen LogP contribution in [0.3, 0.4) is 0 Å². The van der Waals surface area contributed by atoms with Gasteiger partial charge < -0.3 is 4.90 Å². The third-order valence-corrected chi connectivity index (χ3v) is 6.01. The molecule has 3 heteroatoms. The molecule has 2 aromatic rings. The van der Waals surface area contributed by atoms with Crippen molar-refractivity contribution in [1.29, 1.82) is 0 Å². The lowest BCUT2D eigenvalue weighted by Crippen LogP contribution is -2.18. The Hall–Kier alpha value is -1.35. The number of hydrogen-bond donors (Lipinski definition) is 0. The van der Waals surface area contributed by atoms with Crippen molar-refractivity contribution in [2.24, 2.45) is 0 Å². The first-order valence-electron chi connectivity index (χ1n) is 8.11. The van der Waals surface area contributed by atoms with Crippen molar-refractivity contribution < 1.29 is 0 Å². The molecule has 2 heterocycles. The first-order chi connectivity index (χ1) is 10.3. The predicted molar refractivity (Wildman–Crippen MR) is 98.8 cm³/mol. The van der Waals surface area contributed by atoms with Crippen LogP contribution in [0.4, 0.5) is 10.8 Å². The highest BCUT2D eigenvalue weighted by Gasteiger charge is 2.27. The van der Waals surface area contributed by atoms with E-state index in [0.29, 0.717) is 0 Å². The van der Waals surface area contributed by atoms with Gasteiger partial charge in [0.05, 0.1) is 5.00 Å². The van der Waals surface area contributed by atoms with Gasteiger partial charge in [-0.25, -0.2) is 4.98 Å². The number of nitrogens with zero attached hydrogens (tertiary/aromatic N) is 2. The lowest BCUT2D eigenvalue weighted by Gasteiger charge is -2.25. The predicted octanol–water partition coefficient (Wildman–Crippen LogP) is 5.78. The molecule has 0 radical (unpaired) electrons. The molecule has 0 saturated heterocycles. The van der Waals surface area contributed by atoms with Crippen LogP contribution in [0.15, 0.2) is 18.3 Å². The number of pyridine rings is 1. The minimum absolute atomic E-state index is 0.225. The quantitative estimate of drug-likeness (QED) is 0.695. The van der Waals surface area contributed by atoms with Crippen molar-refractivity contribution in [3.63, 3.8) is 0 Å². The normalized spacial score (nSPS) is 11.8. The molecule has 0 amide bonds. The van der Waals surface area contributed by atoms with E-state index in [-0.39, 0.29) is 5.41 Å². The molecule has 2 nitrogen and oxygen atoms in total. The third kappa shape index (κ3) is 3.05. The maximum absolute atomic E-state index is 4.62. The molecule has 0 bridgehead atoms. The highest BCUT2D eigenvalue weighted by atomic mass is 32.1. The van der Waals surface area contributed by atoms with E-state index in [2.05, 4.69) is 70.6 Å². The van der Waals surface area contributed by atoms with Gasteiger partial charge in [-0.05, 0) is 54.9 Å². The van der Waals surface area contributed by atoms with E-state index in [1.54, 1.807) is 0 Å². The third-order valence-electron chi connectivity index (χ3n) is 4.72. The van der Waals surface area contributed by atoms with Crippen LogP contribution < -0.4 is 4.90 Å². The SMILES string of the molecule is CCc1ccc(N(C)c2sc(C)c(C(C)(C)CC)c2C)nc1. The van der Waals surface area contributed by atoms with E-state index in [1.807, 2.05) is 17.5 Å². The van der Waals surface area contributed by atoms with E-state index in [4.69, 9.17) is 0 Å². The second-order valence-electron chi connectivity index (χ2n) is 6.64. The van der Waals surface area contributed by atoms with Gasteiger partial charge in [-0.15, -0.1) is 11.3 Å². The summed E-state index contributed by atoms with van der Waals surface area (Å²) < 4.78 is 0. The van der Waals surface area contributed by atoms with Crippen molar-refractivity contribution in [3.05, 3.63) is 39.9 Å². The second-order valence-corrected chi connectivity index (χ2v) is 7.84. The molecular formula is C19H28N2S. The monoisotopic (exact) mass is 316 g/mol. The number of hydrogen-bond acceptors (Lipinski definition) is 3. The summed E-state index contributed by atoms with van der Waals surface area (Å²) in [6.07, 6.45) is 4.17. The summed E-state index contributed by atoms with van der Waals surface area (Å²) in [4.78, 5) is 8.27. The van der Waals surface area contributed by atoms with Gasteiger partial charge in [0.15, 0.2) is 0 Å². The Kier molecular flexibility index (Phi) is 4.96. The zero-order chi connectivity index (χ0) is 16.5. The molecule has 22 heavy (non-hydrogen) atoms. The van der Waals surface area contributed by atoms with Crippen molar-refractivity contribution in [2.75, 3.05) is 11.9 Å². The van der Waals surface area contributed by atoms with Crippen molar-refractivity contribution in [2.45, 2.75) is 59.8 Å². The molecule has 2 aromatic heterocycles. The summed E-state index contributed by atoms with van der Waals surface area (Å²) in [6, 6.07) is 4.30. The maximum Gasteiger partial charge on any atom is 0.133 e. The Bertz CT molecular complexity index is 638. The van der Waals surface area contributed by atoms with Crippen LogP contribution >= 0.6 is 11.3 Å². The Balaban J connectivity index is 2.42. The Morgan fingerprint density at radius 3 is 2.36 bits per heavy atom. The van der Waals surface area contributed by atoms with Crippen LogP contribution in [-0.2, 0) is 11.8 Å². The highest BCUT2D eigenvalue weighted by molar-refractivity contribution is 7.16. The van der Waals surface area contributed by atoms with Crippen LogP contribution in [-0.4, -0.2) is 12.0 Å². The Labute approximate surface area is 139 Å². The van der Waals surface area contributed by atoms with Gasteiger partial charge in [0.25, 0.3) is 0 Å². The molecule has 0 spiro atoms. The molecule has 0 fully saturated rings. The number of rotatable bonds is 5. The number of thiophene rings is 1. The average molecular weight is 317 g/mol. The maximum atomic E-state index is 4.62. The second kappa shape index (κ2) is 6.41. The molecule has 0 aromatic carbocycles. The molecular weight excluding hydrogens is 288 g/mol. The minimum atomic E-state index is 0.225. The molecule has 0 unspecified atom stereocenters. The first kappa shape index (κ1) is 17.0. The molecule has 0 aliphatic heterocycles. The Morgan fingerprint density at radius 1 is 1.18 bits per heavy atom. The molecule has 0 N–H and O–H groups in total. The van der Waals surface area contributed by atoms with Gasteiger partial charge in [-0.3, -0.25) is 0 Å². The van der Waals surface area contributed by atoms with E-state index in [9.17, 15) is 0 Å². The van der Waals surface area contributed by atoms with Crippen LogP contribution in [0.2, 0.25) is 0 Å². The van der Waals surface area contributed by atoms with Gasteiger partial charge in [0.1, 0.15) is 5.82 Å². The molecule has 0 aliphatic rings. The van der Waals surface area contributed by atoms with E-state index in [1.165, 1.54) is 26.6 Å². The van der Waals surface area contributed by atoms with E-state index in [0.717, 1.165) is 18.7 Å². The van der Waals surface area contributed by atoms with E-state index >= 15 is 0 Å². The lowest BCUT2D eigenvalue weighted by atomic mass is 9.80. The lowest BCUT2D eigenvalue weighted by molar-refractivity contribution is 0.503. The molecule has 2 rings (SSSR count). The first-order valence-corrected chi connectivity index (χ1v) is 8.92. The summed E-state index contributed by atoms with van der Waals surface area (Å²) in [5.41, 5.74) is 4.41. The van der Waals surface area contributed by atoms with Crippen molar-refractivity contribution in [1.82, 2.24) is 4.98 Å². The van der Waals surface area contributed by atoms with Crippen molar-refractivity contribution in [3.8, 4) is 0 Å². The fraction of sp³-hybridized carbons (Fsp3) is 0.526. The topological polar surface area (TPSA) is 16.1 Å². The number of aromatic nitrogens is 1. The largest absolute Gasteiger partial charge is 0.321 e. The van der Waals surface area contributed by atoms with E-state index < -0.39 is 0 Å². The zero-order valence-corrected chi connectivity index (χ0v) is 15.8. The van der Waals surface area contributed by atoms with Crippen LogP contribution in [0.1, 0.15) is 55.7 Å². The molecule has 0 saturated carbocycles. The minimum Gasteiger partial charge on any atom is -0.321 e. The zero-order valence-electron chi connectivity index (χ0n) is 14.9. The van der Waals surface area contributed by atoms with Gasteiger partial charge in [-0.1, -0.05) is 33.8 Å². The van der Waals surface area contributed by atoms with Crippen LogP contribution in [0, 0.1) is 13.8 Å². The summed E-state index contributed by atoms with van der Waals surface area (Å²) in [7, 11) is 2.12. The van der Waals surface area contributed by atoms with Gasteiger partial charge >= 0.3 is 0 Å². The molecule has 0 atom stereocenters.